The maximum absolute atomic E-state index is 11.8. The number of nitrogens with one attached hydrogen (secondary N) is 1. The molecule has 1 unspecified atom stereocenters. The monoisotopic (exact) mass is 227 g/mol. The van der Waals surface area contributed by atoms with Crippen LogP contribution < -0.4 is 11.1 Å². The van der Waals surface area contributed by atoms with Gasteiger partial charge in [-0.3, -0.25) is 9.59 Å². The average Bonchev–Trinajstić information content (AvgIpc) is 2.23. The van der Waals surface area contributed by atoms with Crippen molar-refractivity contribution in [1.82, 2.24) is 10.2 Å². The molecule has 5 nitrogen and oxygen atoms in total. The Labute approximate surface area is 96.4 Å². The van der Waals surface area contributed by atoms with Crippen LogP contribution in [0.15, 0.2) is 0 Å². The van der Waals surface area contributed by atoms with Crippen LogP contribution in [0.2, 0.25) is 0 Å². The molecule has 0 aliphatic carbocycles. The van der Waals surface area contributed by atoms with Crippen molar-refractivity contribution in [2.45, 2.75) is 32.7 Å². The van der Waals surface area contributed by atoms with Gasteiger partial charge in [0.25, 0.3) is 0 Å². The van der Waals surface area contributed by atoms with Crippen molar-refractivity contribution >= 4 is 11.8 Å². The fourth-order valence-electron chi connectivity index (χ4n) is 2.01. The zero-order valence-corrected chi connectivity index (χ0v) is 10.2. The molecule has 0 radical (unpaired) electrons. The van der Waals surface area contributed by atoms with Gasteiger partial charge in [-0.1, -0.05) is 0 Å². The Balaban J connectivity index is 2.65. The van der Waals surface area contributed by atoms with Crippen molar-refractivity contribution in [2.75, 3.05) is 20.1 Å². The molecular formula is C11H21N3O2. The Morgan fingerprint density at radius 3 is 2.81 bits per heavy atom. The largest absolute Gasteiger partial charge is 0.359 e. The quantitative estimate of drug-likeness (QED) is 0.695. The van der Waals surface area contributed by atoms with E-state index in [1.54, 1.807) is 11.9 Å². The van der Waals surface area contributed by atoms with Crippen LogP contribution in [0.3, 0.4) is 0 Å². The van der Waals surface area contributed by atoms with E-state index in [1.165, 1.54) is 0 Å². The summed E-state index contributed by atoms with van der Waals surface area (Å²) in [7, 11) is 1.61. The van der Waals surface area contributed by atoms with Crippen molar-refractivity contribution in [3.05, 3.63) is 0 Å². The van der Waals surface area contributed by atoms with E-state index in [0.29, 0.717) is 13.1 Å². The molecule has 0 saturated carbocycles. The lowest BCUT2D eigenvalue weighted by Crippen LogP contribution is -2.53. The van der Waals surface area contributed by atoms with E-state index in [1.807, 2.05) is 13.8 Å². The number of amides is 2. The highest BCUT2D eigenvalue weighted by molar-refractivity contribution is 5.85. The van der Waals surface area contributed by atoms with Crippen LogP contribution in [0, 0.1) is 5.41 Å². The predicted molar refractivity (Wildman–Crippen MR) is 61.6 cm³/mol. The Morgan fingerprint density at radius 1 is 1.62 bits per heavy atom. The lowest BCUT2D eigenvalue weighted by Gasteiger charge is -2.35. The number of hydrogen-bond donors (Lipinski definition) is 2. The minimum atomic E-state index is -0.568. The van der Waals surface area contributed by atoms with Crippen molar-refractivity contribution in [3.63, 3.8) is 0 Å². The number of piperidine rings is 1. The average molecular weight is 227 g/mol. The second-order valence-corrected chi connectivity index (χ2v) is 4.97. The molecule has 92 valence electrons. The fourth-order valence-corrected chi connectivity index (χ4v) is 2.01. The summed E-state index contributed by atoms with van der Waals surface area (Å²) in [6.07, 6.45) is 1.66. The molecule has 1 heterocycles. The van der Waals surface area contributed by atoms with E-state index in [4.69, 9.17) is 5.73 Å². The minimum Gasteiger partial charge on any atom is -0.359 e. The maximum Gasteiger partial charge on any atom is 0.239 e. The summed E-state index contributed by atoms with van der Waals surface area (Å²) in [5.74, 6) is -0.0947. The number of carbonyl (C=O) groups excluding carboxylic acids is 2. The van der Waals surface area contributed by atoms with E-state index < -0.39 is 11.5 Å². The summed E-state index contributed by atoms with van der Waals surface area (Å²) in [6, 6.07) is -0.394. The Kier molecular flexibility index (Phi) is 3.91. The standard InChI is InChI=1S/C11H21N3O2/c1-11(2,10(16)13-3)7-14-6-4-5-8(12)9(14)15/h8H,4-7,12H2,1-3H3,(H,13,16). The molecule has 1 fully saturated rings. The number of hydrogen-bond acceptors (Lipinski definition) is 3. The third-order valence-corrected chi connectivity index (χ3v) is 3.00. The molecule has 1 saturated heterocycles. The second kappa shape index (κ2) is 4.82. The highest BCUT2D eigenvalue weighted by atomic mass is 16.2. The molecule has 2 amide bonds. The highest BCUT2D eigenvalue weighted by Crippen LogP contribution is 2.20. The van der Waals surface area contributed by atoms with Gasteiger partial charge < -0.3 is 16.0 Å². The molecule has 0 spiro atoms. The van der Waals surface area contributed by atoms with Gasteiger partial charge in [-0.15, -0.1) is 0 Å². The van der Waals surface area contributed by atoms with Gasteiger partial charge in [0.05, 0.1) is 11.5 Å². The van der Waals surface area contributed by atoms with Gasteiger partial charge in [0.15, 0.2) is 0 Å². The molecule has 5 heteroatoms. The van der Waals surface area contributed by atoms with Crippen LogP contribution in [0.25, 0.3) is 0 Å². The van der Waals surface area contributed by atoms with Crippen molar-refractivity contribution in [1.29, 1.82) is 0 Å². The summed E-state index contributed by atoms with van der Waals surface area (Å²) in [5.41, 5.74) is 5.14. The fraction of sp³-hybridized carbons (Fsp3) is 0.818. The van der Waals surface area contributed by atoms with Crippen molar-refractivity contribution in [3.8, 4) is 0 Å². The molecule has 0 aromatic heterocycles. The van der Waals surface area contributed by atoms with Crippen LogP contribution in [0.1, 0.15) is 26.7 Å². The van der Waals surface area contributed by atoms with Gasteiger partial charge in [0.1, 0.15) is 0 Å². The Bertz CT molecular complexity index is 289. The van der Waals surface area contributed by atoms with Crippen LogP contribution in [0.5, 0.6) is 0 Å². The van der Waals surface area contributed by atoms with Gasteiger partial charge in [0, 0.05) is 20.1 Å². The summed E-state index contributed by atoms with van der Waals surface area (Å²) >= 11 is 0. The summed E-state index contributed by atoms with van der Waals surface area (Å²) in [5, 5.41) is 2.61. The zero-order valence-electron chi connectivity index (χ0n) is 10.2. The van der Waals surface area contributed by atoms with Gasteiger partial charge in [-0.25, -0.2) is 0 Å². The number of nitrogens with zero attached hydrogens (tertiary/aromatic N) is 1. The first kappa shape index (κ1) is 13.0. The third kappa shape index (κ3) is 2.72. The first-order chi connectivity index (χ1) is 7.38. The predicted octanol–water partition coefficient (Wildman–Crippen LogP) is -0.292. The van der Waals surface area contributed by atoms with E-state index in [9.17, 15) is 9.59 Å². The molecular weight excluding hydrogens is 206 g/mol. The molecule has 0 aromatic rings. The molecule has 0 bridgehead atoms. The summed E-state index contributed by atoms with van der Waals surface area (Å²) in [6.45, 7) is 4.80. The lowest BCUT2D eigenvalue weighted by atomic mass is 9.90. The van der Waals surface area contributed by atoms with Crippen LogP contribution in [0.4, 0.5) is 0 Å². The summed E-state index contributed by atoms with van der Waals surface area (Å²) in [4.78, 5) is 25.1. The molecule has 1 aliphatic heterocycles. The topological polar surface area (TPSA) is 75.4 Å². The Hall–Kier alpha value is -1.10. The van der Waals surface area contributed by atoms with E-state index in [-0.39, 0.29) is 11.8 Å². The minimum absolute atomic E-state index is 0.0387. The van der Waals surface area contributed by atoms with Crippen molar-refractivity contribution in [2.24, 2.45) is 11.1 Å². The molecule has 3 N–H and O–H groups in total. The molecule has 0 aromatic carbocycles. The lowest BCUT2D eigenvalue weighted by molar-refractivity contribution is -0.139. The summed E-state index contributed by atoms with van der Waals surface area (Å²) < 4.78 is 0. The first-order valence-corrected chi connectivity index (χ1v) is 5.65. The smallest absolute Gasteiger partial charge is 0.239 e. The molecule has 16 heavy (non-hydrogen) atoms. The molecule has 1 rings (SSSR count). The van der Waals surface area contributed by atoms with Gasteiger partial charge in [0.2, 0.25) is 11.8 Å². The van der Waals surface area contributed by atoms with Crippen LogP contribution in [-0.2, 0) is 9.59 Å². The number of rotatable bonds is 3. The van der Waals surface area contributed by atoms with Crippen LogP contribution >= 0.6 is 0 Å². The van der Waals surface area contributed by atoms with Crippen LogP contribution in [-0.4, -0.2) is 42.9 Å². The SMILES string of the molecule is CNC(=O)C(C)(C)CN1CCCC(N)C1=O. The first-order valence-electron chi connectivity index (χ1n) is 5.65. The van der Waals surface area contributed by atoms with Gasteiger partial charge in [-0.05, 0) is 26.7 Å². The van der Waals surface area contributed by atoms with E-state index in [0.717, 1.165) is 12.8 Å². The van der Waals surface area contributed by atoms with Crippen molar-refractivity contribution < 1.29 is 9.59 Å². The normalized spacial score (nSPS) is 22.1. The number of carbonyl (C=O) groups is 2. The van der Waals surface area contributed by atoms with E-state index >= 15 is 0 Å². The third-order valence-electron chi connectivity index (χ3n) is 3.00. The molecule has 1 atom stereocenters. The van der Waals surface area contributed by atoms with Gasteiger partial charge in [-0.2, -0.15) is 0 Å². The second-order valence-electron chi connectivity index (χ2n) is 4.97. The number of nitrogens with two attached hydrogens (primary N) is 1. The highest BCUT2D eigenvalue weighted by Gasteiger charge is 2.34. The Morgan fingerprint density at radius 2 is 2.25 bits per heavy atom. The maximum atomic E-state index is 11.8. The zero-order chi connectivity index (χ0) is 12.3. The van der Waals surface area contributed by atoms with E-state index in [2.05, 4.69) is 5.32 Å². The van der Waals surface area contributed by atoms with Gasteiger partial charge >= 0.3 is 0 Å². The molecule has 1 aliphatic rings. The number of likely N-dealkylation sites (tertiary alicyclic amines) is 1.